The van der Waals surface area contributed by atoms with Crippen LogP contribution in [0.2, 0.25) is 5.02 Å². The predicted molar refractivity (Wildman–Crippen MR) is 105 cm³/mol. The summed E-state index contributed by atoms with van der Waals surface area (Å²) >= 11 is 6.07. The fraction of sp³-hybridized carbons (Fsp3) is 0.474. The van der Waals surface area contributed by atoms with E-state index in [0.717, 1.165) is 4.90 Å². The van der Waals surface area contributed by atoms with Gasteiger partial charge in [-0.2, -0.15) is 5.10 Å². The van der Waals surface area contributed by atoms with Crippen LogP contribution in [0.25, 0.3) is 5.69 Å². The molecule has 0 spiro atoms. The van der Waals surface area contributed by atoms with Crippen molar-refractivity contribution in [3.8, 4) is 5.69 Å². The molecule has 3 atom stereocenters. The Kier molecular flexibility index (Phi) is 5.89. The van der Waals surface area contributed by atoms with Gasteiger partial charge in [-0.3, -0.25) is 14.9 Å². The molecule has 2 saturated heterocycles. The molecule has 0 bridgehead atoms. The second kappa shape index (κ2) is 8.46. The first-order valence-corrected chi connectivity index (χ1v) is 10.1. The average Bonchev–Trinajstić information content (AvgIpc) is 3.45. The van der Waals surface area contributed by atoms with E-state index in [0.29, 0.717) is 16.3 Å². The average molecular weight is 457 g/mol. The van der Waals surface area contributed by atoms with Gasteiger partial charge in [-0.1, -0.05) is 11.6 Å². The summed E-state index contributed by atoms with van der Waals surface area (Å²) in [7, 11) is 0. The normalized spacial score (nSPS) is 25.0. The Morgan fingerprint density at radius 2 is 2.16 bits per heavy atom. The largest absolute Gasteiger partial charge is 0.350 e. The molecule has 0 radical (unpaired) electrons. The van der Waals surface area contributed by atoms with E-state index in [9.17, 15) is 22.8 Å². The third kappa shape index (κ3) is 4.67. The summed E-state index contributed by atoms with van der Waals surface area (Å²) in [6.45, 7) is -0.876. The SMILES string of the molecule is O=C(NCc1cc(Cl)ccc1-n1cncn1)C1C[C@@H](F)CN1C(=O)[C@H]1CC(F)(F)CN1. The standard InChI is InChI=1S/C19H20ClF3N6O2/c20-12-1-2-15(29-10-24-9-27-29)11(3-12)6-25-17(30)16-4-13(21)7-28(16)18(31)14-5-19(22,23)8-26-14/h1-3,9-10,13-14,16,26H,4-8H2,(H,25,30)/t13-,14-,16?/m1/s1. The first kappa shape index (κ1) is 21.6. The third-order valence-corrected chi connectivity index (χ3v) is 5.64. The second-order valence-corrected chi connectivity index (χ2v) is 8.10. The molecule has 2 fully saturated rings. The lowest BCUT2D eigenvalue weighted by molar-refractivity contribution is -0.140. The highest BCUT2D eigenvalue weighted by Gasteiger charge is 2.47. The smallest absolute Gasteiger partial charge is 0.262 e. The molecule has 2 aliphatic heterocycles. The molecule has 2 N–H and O–H groups in total. The van der Waals surface area contributed by atoms with Gasteiger partial charge in [-0.25, -0.2) is 22.8 Å². The summed E-state index contributed by atoms with van der Waals surface area (Å²) < 4.78 is 42.5. The van der Waals surface area contributed by atoms with Crippen molar-refractivity contribution in [3.63, 3.8) is 0 Å². The van der Waals surface area contributed by atoms with Crippen LogP contribution in [0, 0.1) is 0 Å². The van der Waals surface area contributed by atoms with Gasteiger partial charge in [0.1, 0.15) is 24.9 Å². The highest BCUT2D eigenvalue weighted by molar-refractivity contribution is 6.30. The highest BCUT2D eigenvalue weighted by Crippen LogP contribution is 2.29. The number of likely N-dealkylation sites (tertiary alicyclic amines) is 1. The molecule has 2 aliphatic rings. The molecule has 2 aromatic rings. The highest BCUT2D eigenvalue weighted by atomic mass is 35.5. The molecule has 1 aromatic carbocycles. The van der Waals surface area contributed by atoms with Crippen LogP contribution in [-0.4, -0.2) is 68.7 Å². The number of nitrogens with one attached hydrogen (secondary N) is 2. The number of alkyl halides is 3. The minimum Gasteiger partial charge on any atom is -0.350 e. The van der Waals surface area contributed by atoms with E-state index in [1.807, 2.05) is 0 Å². The van der Waals surface area contributed by atoms with Crippen LogP contribution in [0.3, 0.4) is 0 Å². The molecular weight excluding hydrogens is 437 g/mol. The molecule has 4 rings (SSSR count). The van der Waals surface area contributed by atoms with Gasteiger partial charge in [-0.05, 0) is 23.8 Å². The van der Waals surface area contributed by atoms with Gasteiger partial charge in [0, 0.05) is 24.4 Å². The second-order valence-electron chi connectivity index (χ2n) is 7.66. The topological polar surface area (TPSA) is 92.2 Å². The van der Waals surface area contributed by atoms with Gasteiger partial charge in [0.05, 0.1) is 24.8 Å². The third-order valence-electron chi connectivity index (χ3n) is 5.40. The maximum atomic E-state index is 14.1. The van der Waals surface area contributed by atoms with Crippen LogP contribution in [0.4, 0.5) is 13.2 Å². The van der Waals surface area contributed by atoms with Crippen molar-refractivity contribution in [1.29, 1.82) is 0 Å². The molecule has 3 heterocycles. The van der Waals surface area contributed by atoms with E-state index in [1.54, 1.807) is 18.2 Å². The van der Waals surface area contributed by atoms with Gasteiger partial charge >= 0.3 is 0 Å². The van der Waals surface area contributed by atoms with Crippen molar-refractivity contribution >= 4 is 23.4 Å². The van der Waals surface area contributed by atoms with Crippen molar-refractivity contribution in [2.45, 2.75) is 43.6 Å². The summed E-state index contributed by atoms with van der Waals surface area (Å²) in [6.07, 6.45) is 0.590. The van der Waals surface area contributed by atoms with Crippen molar-refractivity contribution in [2.75, 3.05) is 13.1 Å². The monoisotopic (exact) mass is 456 g/mol. The number of hydrogen-bond donors (Lipinski definition) is 2. The quantitative estimate of drug-likeness (QED) is 0.711. The predicted octanol–water partition coefficient (Wildman–Crippen LogP) is 1.47. The molecule has 12 heteroatoms. The van der Waals surface area contributed by atoms with Crippen LogP contribution in [0.5, 0.6) is 0 Å². The zero-order valence-corrected chi connectivity index (χ0v) is 17.0. The number of nitrogens with zero attached hydrogens (tertiary/aromatic N) is 4. The lowest BCUT2D eigenvalue weighted by atomic mass is 10.1. The minimum atomic E-state index is -3.00. The summed E-state index contributed by atoms with van der Waals surface area (Å²) in [5.74, 6) is -4.26. The van der Waals surface area contributed by atoms with Crippen LogP contribution in [0.1, 0.15) is 18.4 Å². The Morgan fingerprint density at radius 1 is 1.35 bits per heavy atom. The Bertz CT molecular complexity index is 974. The molecule has 0 aliphatic carbocycles. The first-order valence-electron chi connectivity index (χ1n) is 9.70. The molecule has 2 amide bonds. The van der Waals surface area contributed by atoms with E-state index in [2.05, 4.69) is 20.7 Å². The minimum absolute atomic E-state index is 0.0455. The van der Waals surface area contributed by atoms with Crippen molar-refractivity contribution in [3.05, 3.63) is 41.4 Å². The molecule has 8 nitrogen and oxygen atoms in total. The zero-order chi connectivity index (χ0) is 22.2. The van der Waals surface area contributed by atoms with Gasteiger partial charge in [0.2, 0.25) is 11.8 Å². The molecule has 166 valence electrons. The number of benzene rings is 1. The van der Waals surface area contributed by atoms with Gasteiger partial charge in [-0.15, -0.1) is 0 Å². The van der Waals surface area contributed by atoms with Crippen molar-refractivity contribution < 1.29 is 22.8 Å². The first-order chi connectivity index (χ1) is 14.7. The van der Waals surface area contributed by atoms with Crippen molar-refractivity contribution in [1.82, 2.24) is 30.3 Å². The number of rotatable bonds is 5. The molecular formula is C19H20ClF3N6O2. The Hall–Kier alpha value is -2.66. The summed E-state index contributed by atoms with van der Waals surface area (Å²) in [5, 5.41) is 9.66. The van der Waals surface area contributed by atoms with Gasteiger partial charge in [0.25, 0.3) is 5.92 Å². The van der Waals surface area contributed by atoms with Crippen molar-refractivity contribution in [2.24, 2.45) is 0 Å². The fourth-order valence-electron chi connectivity index (χ4n) is 3.92. The maximum absolute atomic E-state index is 14.1. The number of carbonyl (C=O) groups is 2. The van der Waals surface area contributed by atoms with Crippen LogP contribution < -0.4 is 10.6 Å². The van der Waals surface area contributed by atoms with E-state index < -0.39 is 49.0 Å². The maximum Gasteiger partial charge on any atom is 0.262 e. The summed E-state index contributed by atoms with van der Waals surface area (Å²) in [4.78, 5) is 30.4. The van der Waals surface area contributed by atoms with Crippen LogP contribution >= 0.6 is 11.6 Å². The van der Waals surface area contributed by atoms with Gasteiger partial charge < -0.3 is 10.2 Å². The van der Waals surface area contributed by atoms with E-state index >= 15 is 0 Å². The zero-order valence-electron chi connectivity index (χ0n) is 16.3. The van der Waals surface area contributed by atoms with E-state index in [4.69, 9.17) is 11.6 Å². The van der Waals surface area contributed by atoms with Gasteiger partial charge in [0.15, 0.2) is 0 Å². The number of carbonyl (C=O) groups excluding carboxylic acids is 2. The lowest BCUT2D eigenvalue weighted by Crippen LogP contribution is -2.51. The number of hydrogen-bond acceptors (Lipinski definition) is 5. The van der Waals surface area contributed by atoms with Crippen LogP contribution in [-0.2, 0) is 16.1 Å². The van der Waals surface area contributed by atoms with E-state index in [1.165, 1.54) is 17.3 Å². The number of amides is 2. The Morgan fingerprint density at radius 3 is 2.84 bits per heavy atom. The fourth-order valence-corrected chi connectivity index (χ4v) is 4.11. The molecule has 1 aromatic heterocycles. The Balaban J connectivity index is 1.46. The van der Waals surface area contributed by atoms with Crippen LogP contribution in [0.15, 0.2) is 30.9 Å². The van der Waals surface area contributed by atoms with E-state index in [-0.39, 0.29) is 19.5 Å². The lowest BCUT2D eigenvalue weighted by Gasteiger charge is -2.26. The molecule has 0 saturated carbocycles. The molecule has 1 unspecified atom stereocenters. The number of halogens is 4. The number of aromatic nitrogens is 3. The summed E-state index contributed by atoms with van der Waals surface area (Å²) in [6, 6.07) is 2.82. The summed E-state index contributed by atoms with van der Waals surface area (Å²) in [5.41, 5.74) is 1.28. The molecule has 31 heavy (non-hydrogen) atoms. The Labute approximate surface area is 180 Å².